The van der Waals surface area contributed by atoms with Crippen molar-refractivity contribution < 1.29 is 70.9 Å². The summed E-state index contributed by atoms with van der Waals surface area (Å²) in [5.74, 6) is -1.96. The van der Waals surface area contributed by atoms with Crippen LogP contribution in [0, 0.1) is 0 Å². The Hall–Kier alpha value is -3.67. The second-order valence-corrected chi connectivity index (χ2v) is 16.0. The number of anilines is 1. The van der Waals surface area contributed by atoms with Gasteiger partial charge in [0.1, 0.15) is 27.7 Å². The van der Waals surface area contributed by atoms with E-state index in [0.717, 1.165) is 36.4 Å². The Balaban J connectivity index is 1.83. The fourth-order valence-corrected chi connectivity index (χ4v) is 7.00. The van der Waals surface area contributed by atoms with E-state index in [1.807, 2.05) is 0 Å². The van der Waals surface area contributed by atoms with Gasteiger partial charge < -0.3 is 10.8 Å². The van der Waals surface area contributed by atoms with Gasteiger partial charge in [-0.2, -0.15) is 21.9 Å². The second-order valence-electron chi connectivity index (χ2n) is 8.82. The van der Waals surface area contributed by atoms with E-state index in [0.29, 0.717) is 6.07 Å². The van der Waals surface area contributed by atoms with Gasteiger partial charge in [0.15, 0.2) is 32.0 Å². The number of hydrogen-bond acceptors (Lipinski definition) is 20. The van der Waals surface area contributed by atoms with E-state index in [9.17, 15) is 43.3 Å². The molecule has 26 heteroatoms. The molecule has 3 rings (SSSR count). The fraction of sp³-hybridized carbons (Fsp3) is 0.182. The van der Waals surface area contributed by atoms with Crippen LogP contribution in [0.3, 0.4) is 0 Å². The summed E-state index contributed by atoms with van der Waals surface area (Å²) in [6.45, 7) is -1.29. The Kier molecular flexibility index (Phi) is 13.0. The molecule has 0 aliphatic carbocycles. The third kappa shape index (κ3) is 11.5. The number of phenols is 1. The predicted molar refractivity (Wildman–Crippen MR) is 164 cm³/mol. The van der Waals surface area contributed by atoms with Crippen molar-refractivity contribution in [1.82, 2.24) is 0 Å². The van der Waals surface area contributed by atoms with Crippen molar-refractivity contribution in [1.29, 1.82) is 0 Å². The summed E-state index contributed by atoms with van der Waals surface area (Å²) in [6.07, 6.45) is 0. The van der Waals surface area contributed by atoms with Crippen LogP contribution in [0.4, 0.5) is 28.4 Å². The average molecular weight is 774 g/mol. The lowest BCUT2D eigenvalue weighted by atomic mass is 10.2. The lowest BCUT2D eigenvalue weighted by Gasteiger charge is -2.08. The van der Waals surface area contributed by atoms with Crippen LogP contribution in [-0.4, -0.2) is 77.9 Å². The minimum absolute atomic E-state index is 0.0754. The van der Waals surface area contributed by atoms with Crippen molar-refractivity contribution in [3.05, 3.63) is 54.6 Å². The molecule has 0 saturated heterocycles. The van der Waals surface area contributed by atoms with Crippen molar-refractivity contribution in [3.63, 3.8) is 0 Å². The van der Waals surface area contributed by atoms with Crippen molar-refractivity contribution in [2.24, 2.45) is 20.5 Å². The van der Waals surface area contributed by atoms with E-state index in [1.54, 1.807) is 0 Å². The molecule has 0 aliphatic heterocycles. The lowest BCUT2D eigenvalue weighted by Crippen LogP contribution is -2.15. The van der Waals surface area contributed by atoms with Crippen LogP contribution in [0.1, 0.15) is 0 Å². The monoisotopic (exact) mass is 773 g/mol. The Bertz CT molecular complexity index is 2120. The van der Waals surface area contributed by atoms with Crippen LogP contribution >= 0.6 is 12.3 Å². The minimum Gasteiger partial charge on any atom is -0.506 e. The third-order valence-electron chi connectivity index (χ3n) is 5.55. The summed E-state index contributed by atoms with van der Waals surface area (Å²) < 4.78 is 126. The first-order valence-corrected chi connectivity index (χ1v) is 19.1. The number of hydrogen-bond donors (Lipinski definition) is 5. The van der Waals surface area contributed by atoms with E-state index in [2.05, 4.69) is 38.2 Å². The number of nitrogen functional groups attached to an aromatic ring is 1. The highest BCUT2D eigenvalue weighted by atomic mass is 32.3. The zero-order valence-corrected chi connectivity index (χ0v) is 27.7. The Labute approximate surface area is 276 Å². The molecule has 262 valence electrons. The summed E-state index contributed by atoms with van der Waals surface area (Å²) in [7, 11) is -18.0. The quantitative estimate of drug-likeness (QED) is 0.0249. The van der Waals surface area contributed by atoms with Crippen molar-refractivity contribution in [3.8, 4) is 5.75 Å². The number of azo groups is 2. The van der Waals surface area contributed by atoms with Gasteiger partial charge in [0, 0.05) is 6.07 Å². The van der Waals surface area contributed by atoms with Crippen LogP contribution in [0.25, 0.3) is 0 Å². The van der Waals surface area contributed by atoms with E-state index in [-0.39, 0.29) is 40.0 Å². The van der Waals surface area contributed by atoms with E-state index < -0.39 is 86.1 Å². The molecule has 3 aromatic carbocycles. The summed E-state index contributed by atoms with van der Waals surface area (Å²) in [6, 6.07) is 9.46. The molecule has 0 bridgehead atoms. The predicted octanol–water partition coefficient (Wildman–Crippen LogP) is 3.42. The van der Waals surface area contributed by atoms with Crippen LogP contribution in [-0.2, 0) is 57.9 Å². The average Bonchev–Trinajstić information content (AvgIpc) is 2.99. The van der Waals surface area contributed by atoms with Gasteiger partial charge in [-0.1, -0.05) is 5.04 Å². The standard InChI is InChI=1S/C22H23N5O16S5/c23-17-12-21(28)20(13-19(17)26-24-14-1-3-15(4-2-14)45(30,31)10-8-41-48(37,38)39)27-25-18-6-5-16(11-22(18)47(34,35)36)46(32,33)9-7-40-44-43-42-29/h1-6,11-13,28-29H,7-10,23H2,(H,34,35,36)(H,37,38,39). The topological polar surface area (TPSA) is 330 Å². The smallest absolute Gasteiger partial charge is 0.397 e. The molecule has 0 radical (unpaired) electrons. The Morgan fingerprint density at radius 2 is 1.29 bits per heavy atom. The van der Waals surface area contributed by atoms with Gasteiger partial charge >= 0.3 is 10.4 Å². The molecule has 21 nitrogen and oxygen atoms in total. The molecular formula is C22H23N5O16S5. The highest BCUT2D eigenvalue weighted by Gasteiger charge is 2.23. The molecule has 6 N–H and O–H groups in total. The van der Waals surface area contributed by atoms with Crippen molar-refractivity contribution >= 4 is 81.0 Å². The minimum atomic E-state index is -5.05. The first-order chi connectivity index (χ1) is 22.3. The SMILES string of the molecule is Nc1cc(O)c(N=Nc2ccc(S(=O)(=O)CCOSOOO)cc2S(=O)(=O)O)cc1N=Nc1ccc(S(=O)(=O)CCOS(=O)(=O)O)cc1. The summed E-state index contributed by atoms with van der Waals surface area (Å²) in [4.78, 5) is -1.68. The normalized spacial score (nSPS) is 13.1. The molecule has 0 spiro atoms. The number of phenolic OH excluding ortho intramolecular Hbond substituents is 1. The summed E-state index contributed by atoms with van der Waals surface area (Å²) >= 11 is 0.127. The van der Waals surface area contributed by atoms with Gasteiger partial charge in [-0.15, -0.1) is 19.7 Å². The van der Waals surface area contributed by atoms with Crippen LogP contribution < -0.4 is 5.73 Å². The first kappa shape index (κ1) is 38.8. The Morgan fingerprint density at radius 1 is 0.708 bits per heavy atom. The molecule has 3 aromatic rings. The molecule has 0 heterocycles. The van der Waals surface area contributed by atoms with Crippen LogP contribution in [0.5, 0.6) is 5.75 Å². The van der Waals surface area contributed by atoms with Crippen LogP contribution in [0.15, 0.2) is 89.7 Å². The number of nitrogens with two attached hydrogens (primary N) is 1. The second kappa shape index (κ2) is 16.2. The highest BCUT2D eigenvalue weighted by molar-refractivity contribution is 7.92. The molecule has 0 amide bonds. The van der Waals surface area contributed by atoms with Gasteiger partial charge in [0.05, 0.1) is 45.9 Å². The van der Waals surface area contributed by atoms with Gasteiger partial charge in [-0.3, -0.25) is 13.3 Å². The zero-order chi connectivity index (χ0) is 35.8. The van der Waals surface area contributed by atoms with Crippen molar-refractivity contribution in [2.45, 2.75) is 14.7 Å². The van der Waals surface area contributed by atoms with Gasteiger partial charge in [0.2, 0.25) is 0 Å². The number of aromatic hydroxyl groups is 1. The molecule has 0 fully saturated rings. The largest absolute Gasteiger partial charge is 0.506 e. The fourth-order valence-electron chi connectivity index (χ4n) is 3.36. The maximum absolute atomic E-state index is 12.6. The number of nitrogens with zero attached hydrogens (tertiary/aromatic N) is 4. The summed E-state index contributed by atoms with van der Waals surface area (Å²) in [5, 5.41) is 36.9. The maximum Gasteiger partial charge on any atom is 0.397 e. The third-order valence-corrected chi connectivity index (χ3v) is 10.7. The molecule has 48 heavy (non-hydrogen) atoms. The van der Waals surface area contributed by atoms with E-state index >= 15 is 0 Å². The van der Waals surface area contributed by atoms with Crippen LogP contribution in [0.2, 0.25) is 0 Å². The lowest BCUT2D eigenvalue weighted by molar-refractivity contribution is -0.434. The van der Waals surface area contributed by atoms with E-state index in [4.69, 9.17) is 15.5 Å². The molecule has 0 unspecified atom stereocenters. The molecular weight excluding hydrogens is 751 g/mol. The van der Waals surface area contributed by atoms with Gasteiger partial charge in [-0.05, 0) is 48.5 Å². The molecule has 0 atom stereocenters. The first-order valence-electron chi connectivity index (χ1n) is 12.3. The molecule has 0 aliphatic rings. The van der Waals surface area contributed by atoms with Crippen molar-refractivity contribution in [2.75, 3.05) is 30.5 Å². The maximum atomic E-state index is 12.6. The molecule has 0 saturated carbocycles. The Morgan fingerprint density at radius 3 is 1.92 bits per heavy atom. The number of benzene rings is 3. The summed E-state index contributed by atoms with van der Waals surface area (Å²) in [5.41, 5.74) is 5.00. The number of rotatable bonds is 17. The van der Waals surface area contributed by atoms with E-state index in [1.165, 1.54) is 12.1 Å². The zero-order valence-electron chi connectivity index (χ0n) is 23.6. The van der Waals surface area contributed by atoms with Gasteiger partial charge in [0.25, 0.3) is 10.1 Å². The van der Waals surface area contributed by atoms with Gasteiger partial charge in [-0.25, -0.2) is 26.3 Å². The highest BCUT2D eigenvalue weighted by Crippen LogP contribution is 2.38. The molecule has 0 aromatic heterocycles. The number of sulfone groups is 2.